The minimum absolute atomic E-state index is 0.162. The van der Waals surface area contributed by atoms with Crippen molar-refractivity contribution in [2.24, 2.45) is 11.3 Å². The number of rotatable bonds is 2. The number of ether oxygens (including phenoxy) is 1. The molecule has 0 bridgehead atoms. The molecule has 1 saturated heterocycles. The van der Waals surface area contributed by atoms with Crippen LogP contribution in [0.15, 0.2) is 0 Å². The highest BCUT2D eigenvalue weighted by Crippen LogP contribution is 2.53. The van der Waals surface area contributed by atoms with Crippen molar-refractivity contribution in [3.63, 3.8) is 0 Å². The molecule has 0 aromatic carbocycles. The average Bonchev–Trinajstić information content (AvgIpc) is 2.54. The molecule has 0 N–H and O–H groups in total. The fourth-order valence-corrected chi connectivity index (χ4v) is 4.52. The quantitative estimate of drug-likeness (QED) is 0.695. The van der Waals surface area contributed by atoms with Crippen LogP contribution in [0.1, 0.15) is 19.8 Å². The zero-order chi connectivity index (χ0) is 12.0. The Bertz CT molecular complexity index is 333. The Hall–Kier alpha value is -0.373. The van der Waals surface area contributed by atoms with Crippen LogP contribution in [0.3, 0.4) is 0 Å². The Kier molecular flexibility index (Phi) is 2.69. The van der Waals surface area contributed by atoms with Crippen molar-refractivity contribution in [3.05, 3.63) is 0 Å². The summed E-state index contributed by atoms with van der Waals surface area (Å²) in [6.07, 6.45) is 1.69. The summed E-state index contributed by atoms with van der Waals surface area (Å²) in [7, 11) is -1.66. The van der Waals surface area contributed by atoms with Crippen molar-refractivity contribution >= 4 is 8.32 Å². The van der Waals surface area contributed by atoms with Crippen LogP contribution < -0.4 is 0 Å². The molecule has 3 nitrogen and oxygen atoms in total. The number of nitriles is 1. The van der Waals surface area contributed by atoms with E-state index in [9.17, 15) is 5.26 Å². The lowest BCUT2D eigenvalue weighted by molar-refractivity contribution is 0.0768. The highest BCUT2D eigenvalue weighted by Gasteiger charge is 2.56. The Balaban J connectivity index is 2.18. The van der Waals surface area contributed by atoms with E-state index in [4.69, 9.17) is 9.16 Å². The van der Waals surface area contributed by atoms with Gasteiger partial charge in [-0.25, -0.2) is 0 Å². The van der Waals surface area contributed by atoms with Crippen LogP contribution in [0, 0.1) is 22.7 Å². The van der Waals surface area contributed by atoms with Crippen molar-refractivity contribution in [1.29, 1.82) is 5.26 Å². The van der Waals surface area contributed by atoms with Gasteiger partial charge in [0.25, 0.3) is 0 Å². The molecule has 0 spiro atoms. The lowest BCUT2D eigenvalue weighted by atomic mass is 9.83. The van der Waals surface area contributed by atoms with Gasteiger partial charge in [0.1, 0.15) is 5.60 Å². The van der Waals surface area contributed by atoms with Gasteiger partial charge in [0.2, 0.25) is 0 Å². The van der Waals surface area contributed by atoms with Crippen molar-refractivity contribution in [1.82, 2.24) is 0 Å². The smallest absolute Gasteiger partial charge is 0.185 e. The zero-order valence-electron chi connectivity index (χ0n) is 10.7. The summed E-state index contributed by atoms with van der Waals surface area (Å²) >= 11 is 0. The summed E-state index contributed by atoms with van der Waals surface area (Å²) in [4.78, 5) is 0. The van der Waals surface area contributed by atoms with Crippen LogP contribution in [0.5, 0.6) is 0 Å². The van der Waals surface area contributed by atoms with Gasteiger partial charge in [0.05, 0.1) is 19.3 Å². The first-order valence-electron chi connectivity index (χ1n) is 5.98. The van der Waals surface area contributed by atoms with Gasteiger partial charge in [-0.1, -0.05) is 6.92 Å². The first kappa shape index (κ1) is 12.1. The molecule has 0 amide bonds. The lowest BCUT2D eigenvalue weighted by Gasteiger charge is -2.31. The largest absolute Gasteiger partial charge is 0.400 e. The van der Waals surface area contributed by atoms with Crippen molar-refractivity contribution in [2.45, 2.75) is 45.0 Å². The average molecular weight is 239 g/mol. The minimum atomic E-state index is -1.66. The maximum Gasteiger partial charge on any atom is 0.185 e. The maximum absolute atomic E-state index is 9.46. The minimum Gasteiger partial charge on any atom is -0.400 e. The molecule has 0 aromatic rings. The molecule has 1 aliphatic carbocycles. The molecular weight excluding hydrogens is 218 g/mol. The highest BCUT2D eigenvalue weighted by molar-refractivity contribution is 6.69. The molecule has 4 heteroatoms. The molecular formula is C12H21NO2Si. The van der Waals surface area contributed by atoms with Crippen LogP contribution in [-0.2, 0) is 9.16 Å². The van der Waals surface area contributed by atoms with Gasteiger partial charge in [-0.3, -0.25) is 0 Å². The Morgan fingerprint density at radius 1 is 1.44 bits per heavy atom. The summed E-state index contributed by atoms with van der Waals surface area (Å²) in [5.41, 5.74) is -0.372. The van der Waals surface area contributed by atoms with E-state index in [2.05, 4.69) is 32.6 Å². The van der Waals surface area contributed by atoms with Gasteiger partial charge >= 0.3 is 0 Å². The number of nitrogens with zero attached hydrogens (tertiary/aromatic N) is 1. The first-order chi connectivity index (χ1) is 7.29. The van der Waals surface area contributed by atoms with Gasteiger partial charge in [0, 0.05) is 0 Å². The third-order valence-corrected chi connectivity index (χ3v) is 4.71. The van der Waals surface area contributed by atoms with Crippen molar-refractivity contribution in [3.8, 4) is 6.07 Å². The maximum atomic E-state index is 9.46. The monoisotopic (exact) mass is 239 g/mol. The fraction of sp³-hybridized carbons (Fsp3) is 0.917. The van der Waals surface area contributed by atoms with Gasteiger partial charge < -0.3 is 9.16 Å². The topological polar surface area (TPSA) is 42.2 Å². The second-order valence-electron chi connectivity index (χ2n) is 6.57. The number of hydrogen-bond acceptors (Lipinski definition) is 3. The summed E-state index contributed by atoms with van der Waals surface area (Å²) in [5, 5.41) is 9.46. The van der Waals surface area contributed by atoms with Gasteiger partial charge in [0.15, 0.2) is 8.32 Å². The summed E-state index contributed by atoms with van der Waals surface area (Å²) in [6, 6.07) is 2.44. The third kappa shape index (κ3) is 2.04. The predicted octanol–water partition coefficient (Wildman–Crippen LogP) is 2.55. The highest BCUT2D eigenvalue weighted by atomic mass is 28.4. The fourth-order valence-electron chi connectivity index (χ4n) is 3.15. The predicted molar refractivity (Wildman–Crippen MR) is 64.4 cm³/mol. The van der Waals surface area contributed by atoms with Crippen LogP contribution >= 0.6 is 0 Å². The zero-order valence-corrected chi connectivity index (χ0v) is 11.7. The summed E-state index contributed by atoms with van der Waals surface area (Å²) in [6.45, 7) is 10.3. The molecule has 1 heterocycles. The first-order valence-corrected chi connectivity index (χ1v) is 9.39. The van der Waals surface area contributed by atoms with Crippen molar-refractivity contribution in [2.75, 3.05) is 13.2 Å². The van der Waals surface area contributed by atoms with Crippen LogP contribution in [-0.4, -0.2) is 27.1 Å². The van der Waals surface area contributed by atoms with E-state index in [0.29, 0.717) is 5.92 Å². The second-order valence-corrected chi connectivity index (χ2v) is 11.0. The molecule has 90 valence electrons. The Morgan fingerprint density at radius 2 is 2.12 bits per heavy atom. The van der Waals surface area contributed by atoms with E-state index >= 15 is 0 Å². The molecule has 0 radical (unpaired) electrons. The number of hydrogen-bond donors (Lipinski definition) is 0. The summed E-state index contributed by atoms with van der Waals surface area (Å²) in [5.74, 6) is 0.503. The van der Waals surface area contributed by atoms with Crippen LogP contribution in [0.2, 0.25) is 19.6 Å². The van der Waals surface area contributed by atoms with E-state index < -0.39 is 13.9 Å². The molecule has 2 aliphatic rings. The van der Waals surface area contributed by atoms with Crippen molar-refractivity contribution < 1.29 is 9.16 Å². The molecule has 3 unspecified atom stereocenters. The summed E-state index contributed by atoms with van der Waals surface area (Å²) < 4.78 is 11.7. The second kappa shape index (κ2) is 3.56. The van der Waals surface area contributed by atoms with E-state index in [0.717, 1.165) is 26.1 Å². The van der Waals surface area contributed by atoms with E-state index in [1.165, 1.54) is 0 Å². The standard InChI is InChI=1S/C12H21NO2Si/c1-11-7-12(8-13,15-16(2,3)4)5-10(11)6-14-9-11/h10H,5-7,9H2,1-4H3. The van der Waals surface area contributed by atoms with E-state index in [1.807, 2.05) is 0 Å². The van der Waals surface area contributed by atoms with E-state index in [1.54, 1.807) is 0 Å². The van der Waals surface area contributed by atoms with Crippen LogP contribution in [0.25, 0.3) is 0 Å². The molecule has 3 atom stereocenters. The molecule has 2 rings (SSSR count). The number of fused-ring (bicyclic) bond motifs is 1. The molecule has 1 aliphatic heterocycles. The van der Waals surface area contributed by atoms with E-state index in [-0.39, 0.29) is 5.41 Å². The molecule has 1 saturated carbocycles. The van der Waals surface area contributed by atoms with Crippen LogP contribution in [0.4, 0.5) is 0 Å². The lowest BCUT2D eigenvalue weighted by Crippen LogP contribution is -2.41. The molecule has 2 fully saturated rings. The molecule has 0 aromatic heterocycles. The van der Waals surface area contributed by atoms with Gasteiger partial charge in [-0.2, -0.15) is 5.26 Å². The Morgan fingerprint density at radius 3 is 2.62 bits per heavy atom. The third-order valence-electron chi connectivity index (χ3n) is 3.71. The SMILES string of the molecule is CC12COCC1CC(C#N)(O[Si](C)(C)C)C2. The molecule has 16 heavy (non-hydrogen) atoms. The van der Waals surface area contributed by atoms with Gasteiger partial charge in [-0.15, -0.1) is 0 Å². The Labute approximate surface area is 98.9 Å². The normalized spacial score (nSPS) is 43.1. The van der Waals surface area contributed by atoms with Gasteiger partial charge in [-0.05, 0) is 43.8 Å².